The van der Waals surface area contributed by atoms with Gasteiger partial charge in [0.15, 0.2) is 0 Å². The molecule has 2 N–H and O–H groups in total. The number of nitrogens with one attached hydrogen (secondary N) is 1. The summed E-state index contributed by atoms with van der Waals surface area (Å²) in [6, 6.07) is 15.9. The summed E-state index contributed by atoms with van der Waals surface area (Å²) in [5.74, 6) is 0.170. The van der Waals surface area contributed by atoms with Crippen LogP contribution in [0.3, 0.4) is 0 Å². The average Bonchev–Trinajstić information content (AvgIpc) is 3.71. The highest BCUT2D eigenvalue weighted by atomic mass is 35.5. The molecular weight excluding hydrogens is 501 g/mol. The predicted octanol–water partition coefficient (Wildman–Crippen LogP) is 6.59. The van der Waals surface area contributed by atoms with Crippen LogP contribution in [0.2, 0.25) is 10.0 Å². The molecule has 0 radical (unpaired) electrons. The minimum Gasteiger partial charge on any atom is -0.493 e. The molecule has 0 spiro atoms. The standard InChI is InChI=1S/C28H25Cl2NO5/c29-19-6-3-17(22(13-19)16-1-2-16)9-11-31-27(32)18-4-7-20(8-5-18)36-26-15-25-23(14-24(26)30)21(28(33)34)10-12-35-25/h3-8,13-16,21H,1-2,9-12H2,(H,31,32)(H,33,34)/t21-/m1/s1. The number of carboxylic acids is 1. The Kier molecular flexibility index (Phi) is 7.08. The number of hydrogen-bond acceptors (Lipinski definition) is 4. The van der Waals surface area contributed by atoms with Crippen molar-refractivity contribution in [1.29, 1.82) is 0 Å². The Bertz CT molecular complexity index is 1300. The van der Waals surface area contributed by atoms with E-state index >= 15 is 0 Å². The maximum absolute atomic E-state index is 12.6. The molecule has 1 atom stereocenters. The van der Waals surface area contributed by atoms with E-state index in [4.69, 9.17) is 32.7 Å². The topological polar surface area (TPSA) is 84.9 Å². The highest BCUT2D eigenvalue weighted by Crippen LogP contribution is 2.43. The van der Waals surface area contributed by atoms with Crippen LogP contribution >= 0.6 is 23.2 Å². The molecule has 3 aromatic carbocycles. The summed E-state index contributed by atoms with van der Waals surface area (Å²) in [5.41, 5.74) is 3.58. The van der Waals surface area contributed by atoms with Gasteiger partial charge >= 0.3 is 5.97 Å². The molecule has 0 unspecified atom stereocenters. The molecule has 6 nitrogen and oxygen atoms in total. The Morgan fingerprint density at radius 1 is 1.00 bits per heavy atom. The molecule has 186 valence electrons. The first-order chi connectivity index (χ1) is 17.4. The first kappa shape index (κ1) is 24.5. The Balaban J connectivity index is 1.20. The molecule has 8 heteroatoms. The van der Waals surface area contributed by atoms with Crippen LogP contribution in [0.25, 0.3) is 0 Å². The van der Waals surface area contributed by atoms with Crippen molar-refractivity contribution < 1.29 is 24.2 Å². The molecule has 1 aliphatic heterocycles. The fourth-order valence-corrected chi connectivity index (χ4v) is 4.90. The fourth-order valence-electron chi connectivity index (χ4n) is 4.51. The Morgan fingerprint density at radius 2 is 1.78 bits per heavy atom. The van der Waals surface area contributed by atoms with Crippen molar-refractivity contribution in [1.82, 2.24) is 5.32 Å². The van der Waals surface area contributed by atoms with Gasteiger partial charge in [-0.05, 0) is 85.2 Å². The molecule has 1 heterocycles. The number of halogens is 2. The monoisotopic (exact) mass is 525 g/mol. The van der Waals surface area contributed by atoms with Crippen LogP contribution in [0.15, 0.2) is 54.6 Å². The number of aliphatic carboxylic acids is 1. The van der Waals surface area contributed by atoms with E-state index in [1.807, 2.05) is 18.2 Å². The Labute approximate surface area is 219 Å². The van der Waals surface area contributed by atoms with Crippen molar-refractivity contribution in [2.75, 3.05) is 13.2 Å². The lowest BCUT2D eigenvalue weighted by molar-refractivity contribution is -0.139. The second-order valence-electron chi connectivity index (χ2n) is 9.10. The molecule has 0 saturated heterocycles. The van der Waals surface area contributed by atoms with Crippen molar-refractivity contribution in [3.63, 3.8) is 0 Å². The van der Waals surface area contributed by atoms with Gasteiger partial charge in [0.1, 0.15) is 17.2 Å². The summed E-state index contributed by atoms with van der Waals surface area (Å²) in [7, 11) is 0. The zero-order chi connectivity index (χ0) is 25.2. The van der Waals surface area contributed by atoms with Crippen LogP contribution in [-0.4, -0.2) is 30.1 Å². The normalized spacial score (nSPS) is 16.6. The second kappa shape index (κ2) is 10.4. The molecule has 1 saturated carbocycles. The number of fused-ring (bicyclic) bond motifs is 1. The van der Waals surface area contributed by atoms with E-state index in [9.17, 15) is 14.7 Å². The summed E-state index contributed by atoms with van der Waals surface area (Å²) < 4.78 is 11.5. The SMILES string of the molecule is O=C(NCCc1ccc(Cl)cc1C1CC1)c1ccc(Oc2cc3c(cc2Cl)[C@H](C(=O)O)CCO3)cc1. The van der Waals surface area contributed by atoms with Gasteiger partial charge in [-0.1, -0.05) is 29.3 Å². The van der Waals surface area contributed by atoms with E-state index < -0.39 is 11.9 Å². The first-order valence-corrected chi connectivity index (χ1v) is 12.7. The van der Waals surface area contributed by atoms with Gasteiger partial charge in [-0.15, -0.1) is 0 Å². The number of ether oxygens (including phenoxy) is 2. The summed E-state index contributed by atoms with van der Waals surface area (Å²) >= 11 is 12.5. The molecule has 1 aliphatic carbocycles. The van der Waals surface area contributed by atoms with Gasteiger partial charge in [-0.2, -0.15) is 0 Å². The molecule has 0 aromatic heterocycles. The first-order valence-electron chi connectivity index (χ1n) is 11.9. The molecule has 1 fully saturated rings. The van der Waals surface area contributed by atoms with Crippen molar-refractivity contribution >= 4 is 35.1 Å². The number of rotatable bonds is 8. The zero-order valence-electron chi connectivity index (χ0n) is 19.4. The minimum atomic E-state index is -0.908. The van der Waals surface area contributed by atoms with Crippen LogP contribution in [0.4, 0.5) is 0 Å². The summed E-state index contributed by atoms with van der Waals surface area (Å²) in [6.45, 7) is 0.843. The maximum atomic E-state index is 12.6. The number of carbonyl (C=O) groups is 2. The number of hydrogen-bond donors (Lipinski definition) is 2. The average molecular weight is 526 g/mol. The van der Waals surface area contributed by atoms with Gasteiger partial charge in [0.05, 0.1) is 17.5 Å². The molecule has 36 heavy (non-hydrogen) atoms. The zero-order valence-corrected chi connectivity index (χ0v) is 20.9. The van der Waals surface area contributed by atoms with Crippen LogP contribution in [0.1, 0.15) is 58.1 Å². The van der Waals surface area contributed by atoms with Crippen LogP contribution in [-0.2, 0) is 11.2 Å². The lowest BCUT2D eigenvalue weighted by atomic mass is 9.93. The lowest BCUT2D eigenvalue weighted by Crippen LogP contribution is -2.25. The third-order valence-electron chi connectivity index (χ3n) is 6.55. The van der Waals surface area contributed by atoms with Crippen LogP contribution < -0.4 is 14.8 Å². The van der Waals surface area contributed by atoms with E-state index in [2.05, 4.69) is 5.32 Å². The van der Waals surface area contributed by atoms with Gasteiger partial charge in [-0.3, -0.25) is 9.59 Å². The van der Waals surface area contributed by atoms with E-state index in [0.29, 0.717) is 58.9 Å². The van der Waals surface area contributed by atoms with E-state index in [-0.39, 0.29) is 5.91 Å². The Hall–Kier alpha value is -3.22. The van der Waals surface area contributed by atoms with Gasteiger partial charge in [-0.25, -0.2) is 0 Å². The largest absolute Gasteiger partial charge is 0.493 e. The molecule has 0 bridgehead atoms. The number of carboxylic acid groups (broad SMARTS) is 1. The quantitative estimate of drug-likeness (QED) is 0.346. The molecule has 3 aromatic rings. The second-order valence-corrected chi connectivity index (χ2v) is 9.94. The predicted molar refractivity (Wildman–Crippen MR) is 138 cm³/mol. The number of carbonyl (C=O) groups excluding carboxylic acids is 1. The van der Waals surface area contributed by atoms with Gasteiger partial charge in [0.2, 0.25) is 0 Å². The number of benzene rings is 3. The van der Waals surface area contributed by atoms with Crippen molar-refractivity contribution in [3.8, 4) is 17.2 Å². The van der Waals surface area contributed by atoms with Crippen molar-refractivity contribution in [2.45, 2.75) is 37.5 Å². The molecule has 1 amide bonds. The van der Waals surface area contributed by atoms with E-state index in [1.54, 1.807) is 36.4 Å². The highest BCUT2D eigenvalue weighted by molar-refractivity contribution is 6.32. The number of amides is 1. The van der Waals surface area contributed by atoms with Crippen molar-refractivity contribution in [2.24, 2.45) is 0 Å². The van der Waals surface area contributed by atoms with Gasteiger partial charge in [0.25, 0.3) is 5.91 Å². The summed E-state index contributed by atoms with van der Waals surface area (Å²) in [4.78, 5) is 24.1. The highest BCUT2D eigenvalue weighted by Gasteiger charge is 2.29. The summed E-state index contributed by atoms with van der Waals surface area (Å²) in [5, 5.41) is 13.5. The smallest absolute Gasteiger partial charge is 0.311 e. The van der Waals surface area contributed by atoms with E-state index in [1.165, 1.54) is 24.0 Å². The third kappa shape index (κ3) is 5.45. The molecule has 5 rings (SSSR count). The van der Waals surface area contributed by atoms with Crippen LogP contribution in [0, 0.1) is 0 Å². The van der Waals surface area contributed by atoms with Gasteiger partial charge < -0.3 is 19.9 Å². The molecular formula is C28H25Cl2NO5. The van der Waals surface area contributed by atoms with Crippen LogP contribution in [0.5, 0.6) is 17.2 Å². The summed E-state index contributed by atoms with van der Waals surface area (Å²) in [6.07, 6.45) is 3.53. The Morgan fingerprint density at radius 3 is 2.50 bits per heavy atom. The van der Waals surface area contributed by atoms with Gasteiger partial charge in [0, 0.05) is 28.8 Å². The van der Waals surface area contributed by atoms with E-state index in [0.717, 1.165) is 11.4 Å². The maximum Gasteiger partial charge on any atom is 0.311 e. The minimum absolute atomic E-state index is 0.164. The fraction of sp³-hybridized carbons (Fsp3) is 0.286. The lowest BCUT2D eigenvalue weighted by Gasteiger charge is -2.24. The third-order valence-corrected chi connectivity index (χ3v) is 7.08. The van der Waals surface area contributed by atoms with Crippen molar-refractivity contribution in [3.05, 3.63) is 86.9 Å². The molecule has 2 aliphatic rings.